The molecular weight excluding hydrogens is 382 g/mol. The predicted octanol–water partition coefficient (Wildman–Crippen LogP) is 3.96. The highest BCUT2D eigenvalue weighted by Crippen LogP contribution is 2.28. The Balaban J connectivity index is 1.65. The van der Waals surface area contributed by atoms with Crippen LogP contribution in [0.15, 0.2) is 27.1 Å². The lowest BCUT2D eigenvalue weighted by Gasteiger charge is -2.31. The van der Waals surface area contributed by atoms with Crippen LogP contribution in [-0.4, -0.2) is 42.9 Å². The average Bonchev–Trinajstić information content (AvgIpc) is 2.86. The van der Waals surface area contributed by atoms with Crippen molar-refractivity contribution in [1.82, 2.24) is 10.2 Å². The Bertz CT molecular complexity index is 740. The second-order valence-electron chi connectivity index (χ2n) is 6.14. The first-order valence-corrected chi connectivity index (χ1v) is 8.73. The van der Waals surface area contributed by atoms with E-state index in [0.717, 1.165) is 15.4 Å². The third kappa shape index (κ3) is 3.78. The molecule has 7 heteroatoms. The minimum absolute atomic E-state index is 0.00855. The molecular formula is C17H19BrF2N2O2. The normalized spacial score (nSPS) is 16.9. The van der Waals surface area contributed by atoms with Crippen LogP contribution in [0.1, 0.15) is 29.0 Å². The first-order valence-electron chi connectivity index (χ1n) is 7.94. The number of piperidine rings is 1. The number of aryl methyl sites for hydroxylation is 1. The van der Waals surface area contributed by atoms with E-state index >= 15 is 0 Å². The number of fused-ring (bicyclic) bond motifs is 1. The van der Waals surface area contributed by atoms with Crippen molar-refractivity contribution in [2.45, 2.75) is 32.2 Å². The van der Waals surface area contributed by atoms with Gasteiger partial charge in [0, 0.05) is 34.6 Å². The maximum absolute atomic E-state index is 12.5. The minimum atomic E-state index is -2.31. The van der Waals surface area contributed by atoms with Gasteiger partial charge in [-0.3, -0.25) is 9.69 Å². The van der Waals surface area contributed by atoms with Gasteiger partial charge in [-0.05, 0) is 38.0 Å². The summed E-state index contributed by atoms with van der Waals surface area (Å²) in [6, 6.07) is 5.61. The lowest BCUT2D eigenvalue weighted by molar-refractivity contribution is 0.0690. The number of hydrogen-bond donors (Lipinski definition) is 1. The number of hydrogen-bond acceptors (Lipinski definition) is 3. The first kappa shape index (κ1) is 17.4. The fourth-order valence-corrected chi connectivity index (χ4v) is 3.48. The number of rotatable bonds is 4. The van der Waals surface area contributed by atoms with Crippen molar-refractivity contribution in [3.63, 3.8) is 0 Å². The quantitative estimate of drug-likeness (QED) is 0.844. The van der Waals surface area contributed by atoms with Crippen molar-refractivity contribution >= 4 is 32.8 Å². The number of carbonyl (C=O) groups excluding carboxylic acids is 1. The number of nitrogens with one attached hydrogen (secondary N) is 1. The van der Waals surface area contributed by atoms with E-state index in [4.69, 9.17) is 4.42 Å². The van der Waals surface area contributed by atoms with E-state index < -0.39 is 6.43 Å². The Hall–Kier alpha value is -1.47. The van der Waals surface area contributed by atoms with Gasteiger partial charge in [-0.1, -0.05) is 15.9 Å². The van der Waals surface area contributed by atoms with Crippen LogP contribution in [0.4, 0.5) is 8.78 Å². The zero-order chi connectivity index (χ0) is 17.3. The van der Waals surface area contributed by atoms with Gasteiger partial charge in [0.25, 0.3) is 12.3 Å². The van der Waals surface area contributed by atoms with Gasteiger partial charge in [0.2, 0.25) is 0 Å². The van der Waals surface area contributed by atoms with Gasteiger partial charge in [0.05, 0.1) is 6.54 Å². The summed E-state index contributed by atoms with van der Waals surface area (Å²) < 4.78 is 31.4. The maximum atomic E-state index is 12.5. The number of halogens is 3. The molecule has 0 unspecified atom stereocenters. The summed E-state index contributed by atoms with van der Waals surface area (Å²) in [7, 11) is 0. The van der Waals surface area contributed by atoms with Gasteiger partial charge in [0.15, 0.2) is 5.76 Å². The topological polar surface area (TPSA) is 45.5 Å². The Morgan fingerprint density at radius 2 is 2.12 bits per heavy atom. The fraction of sp³-hybridized carbons (Fsp3) is 0.471. The third-order valence-corrected chi connectivity index (χ3v) is 4.92. The number of carbonyl (C=O) groups is 1. The molecule has 1 fully saturated rings. The molecule has 1 N–H and O–H groups in total. The Morgan fingerprint density at radius 3 is 2.79 bits per heavy atom. The molecule has 130 valence electrons. The Morgan fingerprint density at radius 1 is 1.42 bits per heavy atom. The van der Waals surface area contributed by atoms with Crippen molar-refractivity contribution in [1.29, 1.82) is 0 Å². The van der Waals surface area contributed by atoms with Crippen LogP contribution in [0.5, 0.6) is 0 Å². The molecule has 1 aromatic heterocycles. The molecule has 2 heterocycles. The molecule has 1 aliphatic heterocycles. The summed E-state index contributed by atoms with van der Waals surface area (Å²) in [5.41, 5.74) is 1.48. The number of likely N-dealkylation sites (tertiary alicyclic amines) is 1. The predicted molar refractivity (Wildman–Crippen MR) is 91.6 cm³/mol. The molecule has 0 saturated carbocycles. The third-order valence-electron chi connectivity index (χ3n) is 4.42. The average molecular weight is 401 g/mol. The smallest absolute Gasteiger partial charge is 0.287 e. The first-order chi connectivity index (χ1) is 11.4. The van der Waals surface area contributed by atoms with E-state index in [1.807, 2.05) is 25.1 Å². The summed E-state index contributed by atoms with van der Waals surface area (Å²) >= 11 is 3.41. The van der Waals surface area contributed by atoms with Crippen LogP contribution >= 0.6 is 15.9 Å². The summed E-state index contributed by atoms with van der Waals surface area (Å²) in [5, 5.41) is 3.87. The minimum Gasteiger partial charge on any atom is -0.451 e. The Kier molecular flexibility index (Phi) is 5.20. The molecule has 2 aromatic rings. The molecule has 0 bridgehead atoms. The van der Waals surface area contributed by atoms with Gasteiger partial charge in [-0.15, -0.1) is 0 Å². The highest BCUT2D eigenvalue weighted by Gasteiger charge is 2.25. The largest absolute Gasteiger partial charge is 0.451 e. The Labute approximate surface area is 147 Å². The molecule has 1 aromatic carbocycles. The lowest BCUT2D eigenvalue weighted by atomic mass is 10.0. The summed E-state index contributed by atoms with van der Waals surface area (Å²) in [5.74, 6) is 0.0743. The molecule has 24 heavy (non-hydrogen) atoms. The second-order valence-corrected chi connectivity index (χ2v) is 7.05. The second kappa shape index (κ2) is 7.19. The molecule has 4 nitrogen and oxygen atoms in total. The zero-order valence-electron chi connectivity index (χ0n) is 13.3. The summed E-state index contributed by atoms with van der Waals surface area (Å²) in [6.45, 7) is 2.80. The standard InChI is InChI=1S/C17H19BrF2N2O2/c1-10-13-8-11(18)2-3-14(13)24-16(10)17(23)21-12-4-6-22(7-5-12)9-15(19)20/h2-3,8,12,15H,4-7,9H2,1H3,(H,21,23). The van der Waals surface area contributed by atoms with Gasteiger partial charge >= 0.3 is 0 Å². The number of furan rings is 1. The molecule has 0 spiro atoms. The maximum Gasteiger partial charge on any atom is 0.287 e. The molecule has 0 aliphatic carbocycles. The van der Waals surface area contributed by atoms with Gasteiger partial charge < -0.3 is 9.73 Å². The molecule has 1 aliphatic rings. The van der Waals surface area contributed by atoms with E-state index in [2.05, 4.69) is 21.2 Å². The van der Waals surface area contributed by atoms with E-state index in [9.17, 15) is 13.6 Å². The fourth-order valence-electron chi connectivity index (χ4n) is 3.12. The van der Waals surface area contributed by atoms with Crippen molar-refractivity contribution in [3.05, 3.63) is 34.0 Å². The van der Waals surface area contributed by atoms with Crippen LogP contribution in [0.2, 0.25) is 0 Å². The van der Waals surface area contributed by atoms with E-state index in [0.29, 0.717) is 37.3 Å². The molecule has 0 radical (unpaired) electrons. The SMILES string of the molecule is Cc1c(C(=O)NC2CCN(CC(F)F)CC2)oc2ccc(Br)cc12. The zero-order valence-corrected chi connectivity index (χ0v) is 14.9. The van der Waals surface area contributed by atoms with Crippen LogP contribution < -0.4 is 5.32 Å². The van der Waals surface area contributed by atoms with Crippen molar-refractivity contribution in [3.8, 4) is 0 Å². The number of benzene rings is 1. The molecule has 1 saturated heterocycles. The number of nitrogens with zero attached hydrogens (tertiary/aromatic N) is 1. The van der Waals surface area contributed by atoms with Gasteiger partial charge in [0.1, 0.15) is 5.58 Å². The van der Waals surface area contributed by atoms with E-state index in [-0.39, 0.29) is 18.5 Å². The number of alkyl halides is 2. The van der Waals surface area contributed by atoms with Gasteiger partial charge in [-0.2, -0.15) is 0 Å². The van der Waals surface area contributed by atoms with E-state index in [1.54, 1.807) is 4.90 Å². The van der Waals surface area contributed by atoms with Crippen LogP contribution in [0.3, 0.4) is 0 Å². The summed E-state index contributed by atoms with van der Waals surface area (Å²) in [4.78, 5) is 14.2. The monoisotopic (exact) mass is 400 g/mol. The van der Waals surface area contributed by atoms with Crippen molar-refractivity contribution in [2.75, 3.05) is 19.6 Å². The van der Waals surface area contributed by atoms with E-state index in [1.165, 1.54) is 0 Å². The van der Waals surface area contributed by atoms with Crippen LogP contribution in [0, 0.1) is 6.92 Å². The lowest BCUT2D eigenvalue weighted by Crippen LogP contribution is -2.45. The number of amides is 1. The van der Waals surface area contributed by atoms with Crippen LogP contribution in [-0.2, 0) is 0 Å². The highest BCUT2D eigenvalue weighted by atomic mass is 79.9. The van der Waals surface area contributed by atoms with Crippen molar-refractivity contribution < 1.29 is 18.0 Å². The van der Waals surface area contributed by atoms with Crippen molar-refractivity contribution in [2.24, 2.45) is 0 Å². The molecule has 0 atom stereocenters. The van der Waals surface area contributed by atoms with Crippen LogP contribution in [0.25, 0.3) is 11.0 Å². The highest BCUT2D eigenvalue weighted by molar-refractivity contribution is 9.10. The molecule has 1 amide bonds. The van der Waals surface area contributed by atoms with Gasteiger partial charge in [-0.25, -0.2) is 8.78 Å². The summed E-state index contributed by atoms with van der Waals surface area (Å²) in [6.07, 6.45) is -0.972. The molecule has 3 rings (SSSR count).